The van der Waals surface area contributed by atoms with E-state index in [1.165, 1.54) is 4.90 Å². The molecule has 102 valence electrons. The van der Waals surface area contributed by atoms with Crippen molar-refractivity contribution in [2.45, 2.75) is 13.8 Å². The standard InChI is InChI=1S/C14H18N2O3/c1-9(2)12-8-15-14(18)16(13(12)17)10-5-4-6-11(7-10)19-3/h4-7,9,12H,8H2,1-3H3,(H,15,18). The van der Waals surface area contributed by atoms with Gasteiger partial charge in [-0.25, -0.2) is 9.69 Å². The predicted octanol–water partition coefficient (Wildman–Crippen LogP) is 2.02. The summed E-state index contributed by atoms with van der Waals surface area (Å²) < 4.78 is 5.12. The number of ether oxygens (including phenoxy) is 1. The van der Waals surface area contributed by atoms with Gasteiger partial charge in [0.25, 0.3) is 0 Å². The highest BCUT2D eigenvalue weighted by molar-refractivity contribution is 6.16. The Balaban J connectivity index is 2.34. The average molecular weight is 262 g/mol. The lowest BCUT2D eigenvalue weighted by Gasteiger charge is -2.33. The highest BCUT2D eigenvalue weighted by Crippen LogP contribution is 2.26. The van der Waals surface area contributed by atoms with Gasteiger partial charge in [-0.15, -0.1) is 0 Å². The van der Waals surface area contributed by atoms with Crippen LogP contribution in [-0.2, 0) is 4.79 Å². The smallest absolute Gasteiger partial charge is 0.328 e. The van der Waals surface area contributed by atoms with Crippen LogP contribution in [0.4, 0.5) is 10.5 Å². The zero-order chi connectivity index (χ0) is 14.0. The molecule has 1 unspecified atom stereocenters. The number of rotatable bonds is 3. The number of carbonyl (C=O) groups excluding carboxylic acids is 2. The molecule has 5 heteroatoms. The monoisotopic (exact) mass is 262 g/mol. The molecule has 1 fully saturated rings. The molecule has 0 aromatic heterocycles. The van der Waals surface area contributed by atoms with Gasteiger partial charge in [0.15, 0.2) is 0 Å². The van der Waals surface area contributed by atoms with Gasteiger partial charge in [0.1, 0.15) is 5.75 Å². The maximum Gasteiger partial charge on any atom is 0.328 e. The maximum atomic E-state index is 12.4. The lowest BCUT2D eigenvalue weighted by Crippen LogP contribution is -2.56. The zero-order valence-electron chi connectivity index (χ0n) is 11.3. The van der Waals surface area contributed by atoms with E-state index in [1.807, 2.05) is 13.8 Å². The van der Waals surface area contributed by atoms with Crippen LogP contribution in [0.3, 0.4) is 0 Å². The van der Waals surface area contributed by atoms with Crippen LogP contribution >= 0.6 is 0 Å². The number of amides is 3. The largest absolute Gasteiger partial charge is 0.497 e. The molecule has 1 heterocycles. The summed E-state index contributed by atoms with van der Waals surface area (Å²) in [6.45, 7) is 4.35. The fraction of sp³-hybridized carbons (Fsp3) is 0.429. The minimum atomic E-state index is -0.379. The molecule has 5 nitrogen and oxygen atoms in total. The third-order valence-electron chi connectivity index (χ3n) is 3.33. The summed E-state index contributed by atoms with van der Waals surface area (Å²) in [4.78, 5) is 25.5. The van der Waals surface area contributed by atoms with E-state index in [-0.39, 0.29) is 23.8 Å². The molecule has 0 saturated carbocycles. The van der Waals surface area contributed by atoms with E-state index in [4.69, 9.17) is 4.74 Å². The molecule has 1 aromatic carbocycles. The third kappa shape index (κ3) is 2.54. The van der Waals surface area contributed by atoms with Crippen molar-refractivity contribution in [3.63, 3.8) is 0 Å². The van der Waals surface area contributed by atoms with Crippen LogP contribution in [0.2, 0.25) is 0 Å². The number of nitrogens with one attached hydrogen (secondary N) is 1. The normalized spacial score (nSPS) is 19.6. The van der Waals surface area contributed by atoms with Gasteiger partial charge in [-0.3, -0.25) is 4.79 Å². The molecule has 1 aromatic rings. The van der Waals surface area contributed by atoms with Crippen molar-refractivity contribution in [2.24, 2.45) is 11.8 Å². The fourth-order valence-electron chi connectivity index (χ4n) is 2.14. The van der Waals surface area contributed by atoms with Gasteiger partial charge in [0.05, 0.1) is 18.7 Å². The Morgan fingerprint density at radius 2 is 2.11 bits per heavy atom. The molecule has 0 radical (unpaired) electrons. The second-order valence-corrected chi connectivity index (χ2v) is 4.91. The zero-order valence-corrected chi connectivity index (χ0v) is 11.3. The number of benzene rings is 1. The minimum absolute atomic E-state index is 0.160. The van der Waals surface area contributed by atoms with E-state index >= 15 is 0 Å². The van der Waals surface area contributed by atoms with Crippen LogP contribution in [0.25, 0.3) is 0 Å². The molecule has 3 amide bonds. The third-order valence-corrected chi connectivity index (χ3v) is 3.33. The second-order valence-electron chi connectivity index (χ2n) is 4.91. The highest BCUT2D eigenvalue weighted by atomic mass is 16.5. The molecular weight excluding hydrogens is 244 g/mol. The quantitative estimate of drug-likeness (QED) is 0.906. The molecular formula is C14H18N2O3. The SMILES string of the molecule is COc1cccc(N2C(=O)NCC(C(C)C)C2=O)c1. The number of anilines is 1. The Kier molecular flexibility index (Phi) is 3.74. The number of nitrogens with zero attached hydrogens (tertiary/aromatic N) is 1. The number of urea groups is 1. The highest BCUT2D eigenvalue weighted by Gasteiger charge is 2.36. The van der Waals surface area contributed by atoms with Crippen LogP contribution in [0.15, 0.2) is 24.3 Å². The molecule has 0 spiro atoms. The summed E-state index contributed by atoms with van der Waals surface area (Å²) in [5.41, 5.74) is 0.534. The Hall–Kier alpha value is -2.04. The van der Waals surface area contributed by atoms with Crippen LogP contribution < -0.4 is 15.0 Å². The fourth-order valence-corrected chi connectivity index (χ4v) is 2.14. The Bertz CT molecular complexity index is 499. The first kappa shape index (κ1) is 13.4. The first-order valence-electron chi connectivity index (χ1n) is 6.30. The van der Waals surface area contributed by atoms with Crippen molar-refractivity contribution in [3.8, 4) is 5.75 Å². The van der Waals surface area contributed by atoms with E-state index in [9.17, 15) is 9.59 Å². The van der Waals surface area contributed by atoms with Crippen molar-refractivity contribution in [2.75, 3.05) is 18.6 Å². The van der Waals surface area contributed by atoms with Crippen molar-refractivity contribution in [1.82, 2.24) is 5.32 Å². The van der Waals surface area contributed by atoms with E-state index < -0.39 is 0 Å². The predicted molar refractivity (Wildman–Crippen MR) is 72.2 cm³/mol. The molecule has 19 heavy (non-hydrogen) atoms. The van der Waals surface area contributed by atoms with E-state index in [0.29, 0.717) is 18.0 Å². The summed E-state index contributed by atoms with van der Waals surface area (Å²) >= 11 is 0. The van der Waals surface area contributed by atoms with Crippen LogP contribution in [0.1, 0.15) is 13.8 Å². The summed E-state index contributed by atoms with van der Waals surface area (Å²) in [7, 11) is 1.55. The number of hydrogen-bond acceptors (Lipinski definition) is 3. The molecule has 1 aliphatic rings. The number of methoxy groups -OCH3 is 1. The van der Waals surface area contributed by atoms with E-state index in [0.717, 1.165) is 0 Å². The van der Waals surface area contributed by atoms with Gasteiger partial charge in [0, 0.05) is 12.6 Å². The first-order valence-corrected chi connectivity index (χ1v) is 6.30. The van der Waals surface area contributed by atoms with Gasteiger partial charge >= 0.3 is 6.03 Å². The van der Waals surface area contributed by atoms with Gasteiger partial charge in [-0.2, -0.15) is 0 Å². The number of carbonyl (C=O) groups is 2. The summed E-state index contributed by atoms with van der Waals surface area (Å²) in [5, 5.41) is 2.76. The van der Waals surface area contributed by atoms with Crippen molar-refractivity contribution < 1.29 is 14.3 Å². The summed E-state index contributed by atoms with van der Waals surface area (Å²) in [6, 6.07) is 6.56. The van der Waals surface area contributed by atoms with Gasteiger partial charge in [0.2, 0.25) is 5.91 Å². The second kappa shape index (κ2) is 5.30. The topological polar surface area (TPSA) is 58.6 Å². The van der Waals surface area contributed by atoms with Crippen molar-refractivity contribution in [1.29, 1.82) is 0 Å². The van der Waals surface area contributed by atoms with Gasteiger partial charge < -0.3 is 10.1 Å². The lowest BCUT2D eigenvalue weighted by molar-refractivity contribution is -0.123. The molecule has 0 bridgehead atoms. The number of hydrogen-bond donors (Lipinski definition) is 1. The van der Waals surface area contributed by atoms with Gasteiger partial charge in [-0.1, -0.05) is 19.9 Å². The van der Waals surface area contributed by atoms with Crippen molar-refractivity contribution in [3.05, 3.63) is 24.3 Å². The lowest BCUT2D eigenvalue weighted by atomic mass is 9.92. The first-order chi connectivity index (χ1) is 9.04. The molecule has 2 rings (SSSR count). The Morgan fingerprint density at radius 3 is 2.74 bits per heavy atom. The van der Waals surface area contributed by atoms with Gasteiger partial charge in [-0.05, 0) is 18.1 Å². The van der Waals surface area contributed by atoms with Crippen LogP contribution in [-0.4, -0.2) is 25.6 Å². The molecule has 0 aliphatic carbocycles. The minimum Gasteiger partial charge on any atom is -0.497 e. The van der Waals surface area contributed by atoms with Crippen molar-refractivity contribution >= 4 is 17.6 Å². The number of imide groups is 1. The molecule has 1 atom stereocenters. The Morgan fingerprint density at radius 1 is 1.37 bits per heavy atom. The molecule has 1 N–H and O–H groups in total. The molecule has 1 saturated heterocycles. The van der Waals surface area contributed by atoms with E-state index in [1.54, 1.807) is 31.4 Å². The maximum absolute atomic E-state index is 12.4. The Labute approximate surface area is 112 Å². The van der Waals surface area contributed by atoms with Crippen LogP contribution in [0.5, 0.6) is 5.75 Å². The van der Waals surface area contributed by atoms with Crippen LogP contribution in [0, 0.1) is 11.8 Å². The summed E-state index contributed by atoms with van der Waals surface area (Å²) in [6.07, 6.45) is 0. The molecule has 1 aliphatic heterocycles. The summed E-state index contributed by atoms with van der Waals surface area (Å²) in [5.74, 6) is 0.446. The average Bonchev–Trinajstić information content (AvgIpc) is 2.38. The van der Waals surface area contributed by atoms with E-state index in [2.05, 4.69) is 5.32 Å².